The Kier molecular flexibility index (Phi) is 7.85. The van der Waals surface area contributed by atoms with Crippen molar-refractivity contribution in [3.63, 3.8) is 0 Å². The van der Waals surface area contributed by atoms with Crippen molar-refractivity contribution in [1.29, 1.82) is 0 Å². The van der Waals surface area contributed by atoms with Gasteiger partial charge >= 0.3 is 12.1 Å². The maximum atomic E-state index is 12.5. The quantitative estimate of drug-likeness (QED) is 0.463. The Balaban J connectivity index is 1.24. The average Bonchev–Trinajstić information content (AvgIpc) is 3.19. The van der Waals surface area contributed by atoms with E-state index < -0.39 is 18.0 Å². The SMILES string of the molecule is CCC(CNC(=O)OCC1c2ccccc2-c2ccccc21)CC(=O)NC1C=CCC(C(=O)O)C1. The van der Waals surface area contributed by atoms with Crippen LogP contribution in [0.5, 0.6) is 0 Å². The van der Waals surface area contributed by atoms with Crippen molar-refractivity contribution in [3.05, 3.63) is 71.8 Å². The molecule has 3 unspecified atom stereocenters. The van der Waals surface area contributed by atoms with Gasteiger partial charge < -0.3 is 20.5 Å². The Morgan fingerprint density at radius 2 is 1.71 bits per heavy atom. The molecule has 0 heterocycles. The van der Waals surface area contributed by atoms with Crippen molar-refractivity contribution < 1.29 is 24.2 Å². The van der Waals surface area contributed by atoms with Crippen LogP contribution in [-0.2, 0) is 14.3 Å². The molecule has 2 aliphatic carbocycles. The summed E-state index contributed by atoms with van der Waals surface area (Å²) >= 11 is 0. The van der Waals surface area contributed by atoms with E-state index in [1.807, 2.05) is 43.3 Å². The van der Waals surface area contributed by atoms with Gasteiger partial charge in [-0.05, 0) is 41.0 Å². The number of hydrogen-bond donors (Lipinski definition) is 3. The minimum atomic E-state index is -0.840. The standard InChI is InChI=1S/C28H32N2O5/c1-2-18(14-26(31)30-20-9-7-8-19(15-20)27(32)33)16-29-28(34)35-17-25-23-12-5-3-10-21(23)22-11-4-6-13-24(22)25/h3-7,9-13,18-20,25H,2,8,14-17H2,1H3,(H,29,34)(H,30,31)(H,32,33). The van der Waals surface area contributed by atoms with Gasteiger partial charge in [0.1, 0.15) is 6.61 Å². The third-order valence-corrected chi connectivity index (χ3v) is 6.95. The van der Waals surface area contributed by atoms with E-state index in [1.165, 1.54) is 11.1 Å². The fourth-order valence-corrected chi connectivity index (χ4v) is 4.96. The van der Waals surface area contributed by atoms with Crippen LogP contribution in [0.4, 0.5) is 4.79 Å². The van der Waals surface area contributed by atoms with E-state index in [9.17, 15) is 19.5 Å². The Morgan fingerprint density at radius 3 is 2.34 bits per heavy atom. The summed E-state index contributed by atoms with van der Waals surface area (Å²) in [4.78, 5) is 36.2. The summed E-state index contributed by atoms with van der Waals surface area (Å²) in [5, 5.41) is 14.9. The number of rotatable bonds is 9. The predicted octanol–water partition coefficient (Wildman–Crippen LogP) is 4.48. The molecule has 2 amide bonds. The first-order valence-electron chi connectivity index (χ1n) is 12.2. The van der Waals surface area contributed by atoms with Gasteiger partial charge in [0.15, 0.2) is 0 Å². The molecule has 184 valence electrons. The minimum absolute atomic E-state index is 0.000855. The largest absolute Gasteiger partial charge is 0.481 e. The first-order chi connectivity index (χ1) is 17.0. The number of carboxylic acids is 1. The third kappa shape index (κ3) is 5.91. The number of nitrogens with one attached hydrogen (secondary N) is 2. The van der Waals surface area contributed by atoms with Gasteiger partial charge in [-0.15, -0.1) is 0 Å². The summed E-state index contributed by atoms with van der Waals surface area (Å²) in [5.74, 6) is -1.50. The van der Waals surface area contributed by atoms with Crippen LogP contribution in [0.3, 0.4) is 0 Å². The van der Waals surface area contributed by atoms with Gasteiger partial charge in [0.25, 0.3) is 0 Å². The highest BCUT2D eigenvalue weighted by Crippen LogP contribution is 2.44. The molecule has 2 aliphatic rings. The zero-order chi connectivity index (χ0) is 24.8. The predicted molar refractivity (Wildman–Crippen MR) is 133 cm³/mol. The fraction of sp³-hybridized carbons (Fsp3) is 0.393. The molecular weight excluding hydrogens is 444 g/mol. The highest BCUT2D eigenvalue weighted by Gasteiger charge is 2.29. The van der Waals surface area contributed by atoms with E-state index in [4.69, 9.17) is 4.74 Å². The molecule has 0 saturated carbocycles. The molecular formula is C28H32N2O5. The minimum Gasteiger partial charge on any atom is -0.481 e. The van der Waals surface area contributed by atoms with Crippen molar-refractivity contribution in [1.82, 2.24) is 10.6 Å². The molecule has 0 aromatic heterocycles. The Labute approximate surface area is 205 Å². The van der Waals surface area contributed by atoms with E-state index >= 15 is 0 Å². The molecule has 2 aromatic rings. The maximum Gasteiger partial charge on any atom is 0.407 e. The van der Waals surface area contributed by atoms with Crippen molar-refractivity contribution >= 4 is 18.0 Å². The second-order valence-corrected chi connectivity index (χ2v) is 9.29. The number of carbonyl (C=O) groups is 3. The van der Waals surface area contributed by atoms with E-state index in [1.54, 1.807) is 0 Å². The summed E-state index contributed by atoms with van der Waals surface area (Å²) in [6, 6.07) is 16.1. The van der Waals surface area contributed by atoms with Crippen LogP contribution in [-0.4, -0.2) is 42.3 Å². The molecule has 7 heteroatoms. The lowest BCUT2D eigenvalue weighted by Crippen LogP contribution is -2.39. The molecule has 0 saturated heterocycles. The number of fused-ring (bicyclic) bond motifs is 3. The van der Waals surface area contributed by atoms with Gasteiger partial charge in [0, 0.05) is 24.9 Å². The van der Waals surface area contributed by atoms with Gasteiger partial charge in [-0.3, -0.25) is 9.59 Å². The normalized spacial score (nSPS) is 19.3. The summed E-state index contributed by atoms with van der Waals surface area (Å²) in [7, 11) is 0. The van der Waals surface area contributed by atoms with Crippen molar-refractivity contribution in [2.75, 3.05) is 13.2 Å². The molecule has 2 aromatic carbocycles. The number of carbonyl (C=O) groups excluding carboxylic acids is 2. The number of hydrogen-bond acceptors (Lipinski definition) is 4. The van der Waals surface area contributed by atoms with Gasteiger partial charge in [-0.25, -0.2) is 4.79 Å². The second-order valence-electron chi connectivity index (χ2n) is 9.29. The monoisotopic (exact) mass is 476 g/mol. The van der Waals surface area contributed by atoms with E-state index in [-0.39, 0.29) is 36.8 Å². The van der Waals surface area contributed by atoms with Crippen LogP contribution in [0.1, 0.15) is 49.7 Å². The number of amides is 2. The Hall–Kier alpha value is -3.61. The number of carboxylic acid groups (broad SMARTS) is 1. The first-order valence-corrected chi connectivity index (χ1v) is 12.2. The lowest BCUT2D eigenvalue weighted by atomic mass is 9.91. The lowest BCUT2D eigenvalue weighted by molar-refractivity contribution is -0.142. The van der Waals surface area contributed by atoms with E-state index in [2.05, 4.69) is 34.9 Å². The van der Waals surface area contributed by atoms with Gasteiger partial charge in [-0.1, -0.05) is 74.0 Å². The van der Waals surface area contributed by atoms with Crippen LogP contribution >= 0.6 is 0 Å². The molecule has 0 radical (unpaired) electrons. The van der Waals surface area contributed by atoms with E-state index in [0.29, 0.717) is 19.4 Å². The molecule has 35 heavy (non-hydrogen) atoms. The third-order valence-electron chi connectivity index (χ3n) is 6.95. The summed E-state index contributed by atoms with van der Waals surface area (Å²) in [5.41, 5.74) is 4.67. The molecule has 0 spiro atoms. The Morgan fingerprint density at radius 1 is 1.06 bits per heavy atom. The van der Waals surface area contributed by atoms with Crippen molar-refractivity contribution in [3.8, 4) is 11.1 Å². The van der Waals surface area contributed by atoms with Crippen molar-refractivity contribution in [2.45, 2.75) is 44.6 Å². The van der Waals surface area contributed by atoms with Gasteiger partial charge in [0.05, 0.1) is 5.92 Å². The van der Waals surface area contributed by atoms with E-state index in [0.717, 1.165) is 17.5 Å². The number of allylic oxidation sites excluding steroid dienone is 1. The smallest absolute Gasteiger partial charge is 0.407 e. The summed E-state index contributed by atoms with van der Waals surface area (Å²) in [6.45, 7) is 2.55. The topological polar surface area (TPSA) is 105 Å². The van der Waals surface area contributed by atoms with Crippen LogP contribution in [0.15, 0.2) is 60.7 Å². The molecule has 0 aliphatic heterocycles. The second kappa shape index (κ2) is 11.2. The number of benzene rings is 2. The molecule has 7 nitrogen and oxygen atoms in total. The zero-order valence-electron chi connectivity index (χ0n) is 19.9. The fourth-order valence-electron chi connectivity index (χ4n) is 4.96. The van der Waals surface area contributed by atoms with Gasteiger partial charge in [0.2, 0.25) is 5.91 Å². The average molecular weight is 477 g/mol. The molecule has 3 atom stereocenters. The molecule has 0 fully saturated rings. The lowest BCUT2D eigenvalue weighted by Gasteiger charge is -2.24. The highest BCUT2D eigenvalue weighted by atomic mass is 16.5. The van der Waals surface area contributed by atoms with Crippen LogP contribution in [0.2, 0.25) is 0 Å². The van der Waals surface area contributed by atoms with Gasteiger partial charge in [-0.2, -0.15) is 0 Å². The summed E-state index contributed by atoms with van der Waals surface area (Å²) < 4.78 is 5.58. The molecule has 3 N–H and O–H groups in total. The zero-order valence-corrected chi connectivity index (χ0v) is 19.9. The maximum absolute atomic E-state index is 12.5. The van der Waals surface area contributed by atoms with Crippen LogP contribution in [0.25, 0.3) is 11.1 Å². The van der Waals surface area contributed by atoms with Crippen molar-refractivity contribution in [2.24, 2.45) is 11.8 Å². The summed E-state index contributed by atoms with van der Waals surface area (Å²) in [6.07, 6.45) is 5.02. The van der Waals surface area contributed by atoms with Crippen LogP contribution in [0, 0.1) is 11.8 Å². The Bertz CT molecular complexity index is 1070. The first kappa shape index (κ1) is 24.5. The number of aliphatic carboxylic acids is 1. The highest BCUT2D eigenvalue weighted by molar-refractivity contribution is 5.79. The molecule has 4 rings (SSSR count). The molecule has 0 bridgehead atoms. The number of ether oxygens (including phenoxy) is 1. The number of alkyl carbamates (subject to hydrolysis) is 1. The van der Waals surface area contributed by atoms with Crippen LogP contribution < -0.4 is 10.6 Å².